The molecule has 2 rings (SSSR count). The third kappa shape index (κ3) is 2.33. The number of hydrogen-bond acceptors (Lipinski definition) is 4. The number of amides is 1. The van der Waals surface area contributed by atoms with E-state index in [0.29, 0.717) is 0 Å². The van der Waals surface area contributed by atoms with Crippen molar-refractivity contribution in [1.29, 1.82) is 0 Å². The molecule has 1 amide bonds. The smallest absolute Gasteiger partial charge is 0.269 e. The monoisotopic (exact) mass is 262 g/mol. The summed E-state index contributed by atoms with van der Waals surface area (Å²) in [4.78, 5) is 16.6. The zero-order chi connectivity index (χ0) is 13.3. The number of nitrogens with one attached hydrogen (secondary N) is 1. The van der Waals surface area contributed by atoms with Gasteiger partial charge >= 0.3 is 0 Å². The molecule has 5 nitrogen and oxygen atoms in total. The fourth-order valence-electron chi connectivity index (χ4n) is 1.61. The molecule has 3 N–H and O–H groups in total. The number of nitrogens with zero attached hydrogens (tertiary/aromatic N) is 2. The van der Waals surface area contributed by atoms with E-state index < -0.39 is 5.91 Å². The number of thiazole rings is 1. The molecular formula is C12H14N4OS. The van der Waals surface area contributed by atoms with Crippen molar-refractivity contribution in [3.63, 3.8) is 0 Å². The predicted molar refractivity (Wildman–Crippen MR) is 72.2 cm³/mol. The normalized spacial score (nSPS) is 11.8. The average Bonchev–Trinajstić information content (AvgIpc) is 2.86. The van der Waals surface area contributed by atoms with Crippen molar-refractivity contribution in [2.45, 2.75) is 20.8 Å². The number of primary amides is 1. The lowest BCUT2D eigenvalue weighted by Crippen LogP contribution is -2.12. The quantitative estimate of drug-likeness (QED) is 0.888. The van der Waals surface area contributed by atoms with Crippen molar-refractivity contribution in [2.75, 3.05) is 0 Å². The fourth-order valence-corrected chi connectivity index (χ4v) is 2.34. The number of nitrogens with two attached hydrogens (primary N) is 1. The second-order valence-electron chi connectivity index (χ2n) is 4.08. The molecule has 2 heterocycles. The van der Waals surface area contributed by atoms with Gasteiger partial charge in [0.15, 0.2) is 5.69 Å². The molecule has 0 aliphatic rings. The van der Waals surface area contributed by atoms with E-state index >= 15 is 0 Å². The summed E-state index contributed by atoms with van der Waals surface area (Å²) in [6, 6.07) is 0. The zero-order valence-electron chi connectivity index (χ0n) is 10.4. The summed E-state index contributed by atoms with van der Waals surface area (Å²) in [7, 11) is 0. The van der Waals surface area contributed by atoms with Gasteiger partial charge in [-0.3, -0.25) is 9.89 Å². The van der Waals surface area contributed by atoms with Crippen molar-refractivity contribution in [3.8, 4) is 0 Å². The van der Waals surface area contributed by atoms with Gasteiger partial charge in [-0.15, -0.1) is 11.3 Å². The first-order valence-corrected chi connectivity index (χ1v) is 6.26. The Bertz CT molecular complexity index is 624. The standard InChI is InChI=1S/C12H14N4OS/c1-6(12-14-5-7(2)18-12)4-9-8(3)10(11(13)17)16-15-9/h4-5H,1-3H3,(H2,13,17)(H,15,16)/b6-4+. The molecule has 0 saturated heterocycles. The molecule has 0 aliphatic heterocycles. The maximum atomic E-state index is 11.1. The molecule has 0 aliphatic carbocycles. The lowest BCUT2D eigenvalue weighted by Gasteiger charge is -1.96. The van der Waals surface area contributed by atoms with Crippen LogP contribution in [0.15, 0.2) is 6.20 Å². The highest BCUT2D eigenvalue weighted by atomic mass is 32.1. The molecule has 2 aromatic heterocycles. The van der Waals surface area contributed by atoms with E-state index in [0.717, 1.165) is 26.7 Å². The van der Waals surface area contributed by atoms with Crippen molar-refractivity contribution in [2.24, 2.45) is 5.73 Å². The summed E-state index contributed by atoms with van der Waals surface area (Å²) >= 11 is 1.63. The maximum absolute atomic E-state index is 11.1. The molecule has 0 spiro atoms. The maximum Gasteiger partial charge on any atom is 0.269 e. The second-order valence-corrected chi connectivity index (χ2v) is 5.31. The molecular weight excluding hydrogens is 248 g/mol. The van der Waals surface area contributed by atoms with E-state index in [9.17, 15) is 4.79 Å². The minimum Gasteiger partial charge on any atom is -0.364 e. The largest absolute Gasteiger partial charge is 0.364 e. The van der Waals surface area contributed by atoms with Crippen LogP contribution in [0.1, 0.15) is 38.6 Å². The van der Waals surface area contributed by atoms with Crippen LogP contribution in [0.5, 0.6) is 0 Å². The third-order valence-corrected chi connectivity index (χ3v) is 3.65. The van der Waals surface area contributed by atoms with Crippen LogP contribution in [0.3, 0.4) is 0 Å². The first kappa shape index (κ1) is 12.5. The Balaban J connectivity index is 2.36. The Labute approximate surface area is 109 Å². The lowest BCUT2D eigenvalue weighted by atomic mass is 10.1. The molecule has 2 aromatic rings. The highest BCUT2D eigenvalue weighted by Crippen LogP contribution is 2.23. The van der Waals surface area contributed by atoms with Gasteiger partial charge in [0.2, 0.25) is 0 Å². The van der Waals surface area contributed by atoms with Crippen LogP contribution >= 0.6 is 11.3 Å². The number of rotatable bonds is 3. The number of H-pyrrole nitrogens is 1. The van der Waals surface area contributed by atoms with Crippen LogP contribution in [-0.4, -0.2) is 21.1 Å². The second kappa shape index (κ2) is 4.73. The van der Waals surface area contributed by atoms with Gasteiger partial charge in [-0.2, -0.15) is 5.10 Å². The van der Waals surface area contributed by atoms with Gasteiger partial charge in [0, 0.05) is 16.6 Å². The molecule has 0 atom stereocenters. The van der Waals surface area contributed by atoms with Crippen LogP contribution in [0, 0.1) is 13.8 Å². The third-order valence-electron chi connectivity index (χ3n) is 2.60. The van der Waals surface area contributed by atoms with Crippen molar-refractivity contribution in [3.05, 3.63) is 33.0 Å². The van der Waals surface area contributed by atoms with Gasteiger partial charge in [0.1, 0.15) is 5.01 Å². The Morgan fingerprint density at radius 2 is 2.22 bits per heavy atom. The van der Waals surface area contributed by atoms with Crippen molar-refractivity contribution < 1.29 is 4.79 Å². The molecule has 0 saturated carbocycles. The number of hydrogen-bond donors (Lipinski definition) is 2. The van der Waals surface area contributed by atoms with E-state index in [2.05, 4.69) is 15.2 Å². The zero-order valence-corrected chi connectivity index (χ0v) is 11.3. The van der Waals surface area contributed by atoms with Crippen LogP contribution in [-0.2, 0) is 0 Å². The highest BCUT2D eigenvalue weighted by molar-refractivity contribution is 7.12. The van der Waals surface area contributed by atoms with Crippen molar-refractivity contribution >= 4 is 28.9 Å². The van der Waals surface area contributed by atoms with E-state index in [1.165, 1.54) is 0 Å². The van der Waals surface area contributed by atoms with Crippen LogP contribution in [0.4, 0.5) is 0 Å². The Morgan fingerprint density at radius 1 is 1.50 bits per heavy atom. The summed E-state index contributed by atoms with van der Waals surface area (Å²) in [6.07, 6.45) is 3.76. The summed E-state index contributed by atoms with van der Waals surface area (Å²) in [5, 5.41) is 7.68. The first-order chi connectivity index (χ1) is 8.49. The number of aryl methyl sites for hydroxylation is 1. The Hall–Kier alpha value is -1.95. The summed E-state index contributed by atoms with van der Waals surface area (Å²) in [5.41, 5.74) is 8.07. The summed E-state index contributed by atoms with van der Waals surface area (Å²) in [5.74, 6) is -0.522. The molecule has 0 bridgehead atoms. The van der Waals surface area contributed by atoms with E-state index in [1.807, 2.05) is 33.0 Å². The lowest BCUT2D eigenvalue weighted by molar-refractivity contribution is 0.0995. The summed E-state index contributed by atoms with van der Waals surface area (Å²) < 4.78 is 0. The molecule has 0 unspecified atom stereocenters. The van der Waals surface area contributed by atoms with Gasteiger partial charge in [0.05, 0.1) is 5.69 Å². The Kier molecular flexibility index (Phi) is 3.29. The summed E-state index contributed by atoms with van der Waals surface area (Å²) in [6.45, 7) is 5.80. The molecule has 94 valence electrons. The molecule has 0 fully saturated rings. The average molecular weight is 262 g/mol. The number of carbonyl (C=O) groups excluding carboxylic acids is 1. The fraction of sp³-hybridized carbons (Fsp3) is 0.250. The highest BCUT2D eigenvalue weighted by Gasteiger charge is 2.12. The van der Waals surface area contributed by atoms with Crippen LogP contribution in [0.25, 0.3) is 11.6 Å². The van der Waals surface area contributed by atoms with Crippen LogP contribution < -0.4 is 5.73 Å². The number of allylic oxidation sites excluding steroid dienone is 1. The minimum atomic E-state index is -0.522. The van der Waals surface area contributed by atoms with Gasteiger partial charge in [0.25, 0.3) is 5.91 Å². The Morgan fingerprint density at radius 3 is 2.72 bits per heavy atom. The van der Waals surface area contributed by atoms with Gasteiger partial charge in [-0.1, -0.05) is 0 Å². The SMILES string of the molecule is C/C(=C\c1[nH]nc(C(N)=O)c1C)c1ncc(C)s1. The van der Waals surface area contributed by atoms with Gasteiger partial charge < -0.3 is 5.73 Å². The molecule has 18 heavy (non-hydrogen) atoms. The number of aromatic nitrogens is 3. The topological polar surface area (TPSA) is 84.7 Å². The van der Waals surface area contributed by atoms with Gasteiger partial charge in [-0.25, -0.2) is 4.98 Å². The van der Waals surface area contributed by atoms with Crippen molar-refractivity contribution in [1.82, 2.24) is 15.2 Å². The van der Waals surface area contributed by atoms with E-state index in [4.69, 9.17) is 5.73 Å². The first-order valence-electron chi connectivity index (χ1n) is 5.45. The number of aromatic amines is 1. The molecule has 6 heteroatoms. The minimum absolute atomic E-state index is 0.282. The van der Waals surface area contributed by atoms with Gasteiger partial charge in [-0.05, 0) is 32.4 Å². The predicted octanol–water partition coefficient (Wildman–Crippen LogP) is 2.14. The number of carbonyl (C=O) groups is 1. The van der Waals surface area contributed by atoms with E-state index in [-0.39, 0.29) is 5.69 Å². The van der Waals surface area contributed by atoms with Crippen LogP contribution in [0.2, 0.25) is 0 Å². The molecule has 0 aromatic carbocycles. The molecule has 0 radical (unpaired) electrons. The van der Waals surface area contributed by atoms with E-state index in [1.54, 1.807) is 11.3 Å².